The Labute approximate surface area is 191 Å². The van der Waals surface area contributed by atoms with Gasteiger partial charge in [0.15, 0.2) is 0 Å². The molecular formula is C23H23N3O4S2. The van der Waals surface area contributed by atoms with Crippen LogP contribution >= 0.6 is 11.3 Å². The number of benzene rings is 2. The summed E-state index contributed by atoms with van der Waals surface area (Å²) in [5, 5.41) is 5.75. The Morgan fingerprint density at radius 2 is 1.75 bits per heavy atom. The molecule has 0 amide bonds. The maximum absolute atomic E-state index is 13.4. The van der Waals surface area contributed by atoms with Gasteiger partial charge < -0.3 is 9.26 Å². The van der Waals surface area contributed by atoms with E-state index >= 15 is 0 Å². The van der Waals surface area contributed by atoms with Gasteiger partial charge in [0.25, 0.3) is 15.9 Å². The molecule has 0 spiro atoms. The third-order valence-electron chi connectivity index (χ3n) is 4.88. The summed E-state index contributed by atoms with van der Waals surface area (Å²) in [5.74, 6) is 1.29. The quantitative estimate of drug-likeness (QED) is 0.365. The van der Waals surface area contributed by atoms with Gasteiger partial charge in [-0.2, -0.15) is 4.98 Å². The minimum Gasteiger partial charge on any atom is -0.494 e. The summed E-state index contributed by atoms with van der Waals surface area (Å²) in [6, 6.07) is 14.6. The minimum atomic E-state index is -3.83. The smallest absolute Gasteiger partial charge is 0.269 e. The van der Waals surface area contributed by atoms with Crippen molar-refractivity contribution in [1.29, 1.82) is 0 Å². The third kappa shape index (κ3) is 4.26. The van der Waals surface area contributed by atoms with Crippen molar-refractivity contribution in [2.45, 2.75) is 25.7 Å². The van der Waals surface area contributed by atoms with Crippen molar-refractivity contribution in [2.24, 2.45) is 0 Å². The van der Waals surface area contributed by atoms with E-state index in [0.29, 0.717) is 23.0 Å². The SMILES string of the molecule is CCOc1ccc(-c2noc(-c3sccc3S(=O)(=O)N(C)c3cc(C)cc(C)c3)n2)cc1. The molecule has 0 fully saturated rings. The Kier molecular flexibility index (Phi) is 6.03. The molecule has 0 saturated heterocycles. The Hall–Kier alpha value is -3.17. The van der Waals surface area contributed by atoms with Crippen molar-refractivity contribution in [3.05, 3.63) is 65.0 Å². The first kappa shape index (κ1) is 22.0. The Bertz CT molecular complexity index is 1320. The zero-order valence-electron chi connectivity index (χ0n) is 18.2. The van der Waals surface area contributed by atoms with Gasteiger partial charge in [0.1, 0.15) is 15.5 Å². The molecule has 2 heterocycles. The number of nitrogens with zero attached hydrogens (tertiary/aromatic N) is 3. The van der Waals surface area contributed by atoms with Crippen LogP contribution in [0.1, 0.15) is 18.1 Å². The van der Waals surface area contributed by atoms with E-state index < -0.39 is 10.0 Å². The lowest BCUT2D eigenvalue weighted by Gasteiger charge is -2.20. The fourth-order valence-electron chi connectivity index (χ4n) is 3.38. The average molecular weight is 470 g/mol. The van der Waals surface area contributed by atoms with Crippen molar-refractivity contribution in [1.82, 2.24) is 10.1 Å². The molecule has 7 nitrogen and oxygen atoms in total. The zero-order valence-corrected chi connectivity index (χ0v) is 19.8. The first-order valence-corrected chi connectivity index (χ1v) is 12.3. The molecule has 0 aliphatic carbocycles. The molecule has 0 radical (unpaired) electrons. The van der Waals surface area contributed by atoms with Crippen LogP contribution in [0.15, 0.2) is 63.3 Å². The maximum Gasteiger partial charge on any atom is 0.269 e. The number of thiophene rings is 1. The molecule has 9 heteroatoms. The van der Waals surface area contributed by atoms with Crippen molar-refractivity contribution >= 4 is 27.0 Å². The Balaban J connectivity index is 1.66. The van der Waals surface area contributed by atoms with Gasteiger partial charge in [-0.05, 0) is 79.7 Å². The number of sulfonamides is 1. The lowest BCUT2D eigenvalue weighted by Crippen LogP contribution is -2.26. The predicted molar refractivity (Wildman–Crippen MR) is 126 cm³/mol. The molecule has 0 atom stereocenters. The fourth-order valence-corrected chi connectivity index (χ4v) is 5.87. The van der Waals surface area contributed by atoms with Crippen molar-refractivity contribution in [3.8, 4) is 27.9 Å². The highest BCUT2D eigenvalue weighted by Crippen LogP contribution is 2.36. The van der Waals surface area contributed by atoms with Crippen molar-refractivity contribution < 1.29 is 17.7 Å². The molecule has 4 rings (SSSR count). The molecule has 166 valence electrons. The van der Waals surface area contributed by atoms with E-state index in [1.807, 2.05) is 63.2 Å². The van der Waals surface area contributed by atoms with Gasteiger partial charge in [0.05, 0.1) is 12.3 Å². The molecule has 2 aromatic heterocycles. The van der Waals surface area contributed by atoms with E-state index in [9.17, 15) is 8.42 Å². The summed E-state index contributed by atoms with van der Waals surface area (Å²) in [5.41, 5.74) is 3.33. The van der Waals surface area contributed by atoms with Crippen LogP contribution in [0, 0.1) is 13.8 Å². The van der Waals surface area contributed by atoms with E-state index in [0.717, 1.165) is 22.4 Å². The first-order valence-electron chi connectivity index (χ1n) is 10.0. The van der Waals surface area contributed by atoms with Crippen LogP contribution in [0.2, 0.25) is 0 Å². The highest BCUT2D eigenvalue weighted by Gasteiger charge is 2.29. The standard InChI is InChI=1S/C23H23N3O4S2/c1-5-29-19-8-6-17(7-9-19)22-24-23(30-25-22)21-20(10-11-31-21)32(27,28)26(4)18-13-15(2)12-16(3)14-18/h6-14H,5H2,1-4H3. The number of ether oxygens (including phenoxy) is 1. The fraction of sp³-hybridized carbons (Fsp3) is 0.217. The highest BCUT2D eigenvalue weighted by atomic mass is 32.2. The molecule has 0 N–H and O–H groups in total. The number of hydrogen-bond acceptors (Lipinski definition) is 7. The Morgan fingerprint density at radius 1 is 1.06 bits per heavy atom. The number of aromatic nitrogens is 2. The molecule has 0 aliphatic heterocycles. The number of hydrogen-bond donors (Lipinski definition) is 0. The van der Waals surface area contributed by atoms with E-state index in [2.05, 4.69) is 10.1 Å². The molecule has 0 unspecified atom stereocenters. The molecule has 32 heavy (non-hydrogen) atoms. The second-order valence-electron chi connectivity index (χ2n) is 7.31. The predicted octanol–water partition coefficient (Wildman–Crippen LogP) is 5.31. The lowest BCUT2D eigenvalue weighted by molar-refractivity contribution is 0.340. The summed E-state index contributed by atoms with van der Waals surface area (Å²) < 4.78 is 39.0. The largest absolute Gasteiger partial charge is 0.494 e. The third-order valence-corrected chi connectivity index (χ3v) is 7.74. The maximum atomic E-state index is 13.4. The van der Waals surface area contributed by atoms with E-state index in [-0.39, 0.29) is 10.8 Å². The molecular weight excluding hydrogens is 446 g/mol. The van der Waals surface area contributed by atoms with Crippen molar-refractivity contribution in [2.75, 3.05) is 18.0 Å². The van der Waals surface area contributed by atoms with Crippen LogP contribution in [-0.2, 0) is 10.0 Å². The summed E-state index contributed by atoms with van der Waals surface area (Å²) in [7, 11) is -2.28. The number of rotatable bonds is 7. The van der Waals surface area contributed by atoms with Gasteiger partial charge in [0.2, 0.25) is 5.82 Å². The van der Waals surface area contributed by atoms with Crippen molar-refractivity contribution in [3.63, 3.8) is 0 Å². The zero-order chi connectivity index (χ0) is 22.9. The van der Waals surface area contributed by atoms with Crippen LogP contribution in [0.5, 0.6) is 5.75 Å². The monoisotopic (exact) mass is 469 g/mol. The van der Waals surface area contributed by atoms with Gasteiger partial charge in [-0.3, -0.25) is 4.31 Å². The van der Waals surface area contributed by atoms with Crippen LogP contribution < -0.4 is 9.04 Å². The van der Waals surface area contributed by atoms with Crippen LogP contribution in [-0.4, -0.2) is 32.2 Å². The Morgan fingerprint density at radius 3 is 2.41 bits per heavy atom. The van der Waals surface area contributed by atoms with Gasteiger partial charge in [-0.25, -0.2) is 8.42 Å². The molecule has 2 aromatic carbocycles. The summed E-state index contributed by atoms with van der Waals surface area (Å²) in [4.78, 5) is 4.98. The molecule has 0 aliphatic rings. The second-order valence-corrected chi connectivity index (χ2v) is 10.2. The van der Waals surface area contributed by atoms with Crippen LogP contribution in [0.25, 0.3) is 22.2 Å². The van der Waals surface area contributed by atoms with Crippen LogP contribution in [0.4, 0.5) is 5.69 Å². The van der Waals surface area contributed by atoms with Gasteiger partial charge in [-0.15, -0.1) is 11.3 Å². The second kappa shape index (κ2) is 8.76. The van der Waals surface area contributed by atoms with Gasteiger partial charge in [-0.1, -0.05) is 11.2 Å². The molecule has 0 bridgehead atoms. The number of aryl methyl sites for hydroxylation is 2. The molecule has 4 aromatic rings. The topological polar surface area (TPSA) is 85.5 Å². The lowest BCUT2D eigenvalue weighted by atomic mass is 10.1. The average Bonchev–Trinajstić information content (AvgIpc) is 3.43. The summed E-state index contributed by atoms with van der Waals surface area (Å²) in [6.07, 6.45) is 0. The minimum absolute atomic E-state index is 0.131. The van der Waals surface area contributed by atoms with Gasteiger partial charge in [0, 0.05) is 12.6 Å². The highest BCUT2D eigenvalue weighted by molar-refractivity contribution is 7.93. The summed E-state index contributed by atoms with van der Waals surface area (Å²) in [6.45, 7) is 6.38. The van der Waals surface area contributed by atoms with Crippen LogP contribution in [0.3, 0.4) is 0 Å². The van der Waals surface area contributed by atoms with Gasteiger partial charge >= 0.3 is 0 Å². The molecule has 0 saturated carbocycles. The normalized spacial score (nSPS) is 11.5. The van der Waals surface area contributed by atoms with E-state index in [1.54, 1.807) is 18.5 Å². The summed E-state index contributed by atoms with van der Waals surface area (Å²) >= 11 is 1.24. The first-order chi connectivity index (χ1) is 15.3. The van der Waals surface area contributed by atoms with E-state index in [4.69, 9.17) is 9.26 Å². The van der Waals surface area contributed by atoms with E-state index in [1.165, 1.54) is 15.6 Å². The number of anilines is 1.